The van der Waals surface area contributed by atoms with Crippen molar-refractivity contribution in [1.29, 1.82) is 0 Å². The molecule has 0 spiro atoms. The highest BCUT2D eigenvalue weighted by Gasteiger charge is 2.28. The van der Waals surface area contributed by atoms with E-state index in [0.717, 1.165) is 32.2 Å². The van der Waals surface area contributed by atoms with Gasteiger partial charge in [0.25, 0.3) is 0 Å². The van der Waals surface area contributed by atoms with E-state index in [4.69, 9.17) is 0 Å². The maximum atomic E-state index is 11.9. The highest BCUT2D eigenvalue weighted by molar-refractivity contribution is 7.91. The zero-order valence-electron chi connectivity index (χ0n) is 9.94. The first-order valence-corrected chi connectivity index (χ1v) is 8.13. The predicted octanol–water partition coefficient (Wildman–Crippen LogP) is -0.178. The van der Waals surface area contributed by atoms with Gasteiger partial charge in [-0.25, -0.2) is 8.42 Å². The van der Waals surface area contributed by atoms with E-state index in [9.17, 15) is 13.2 Å². The van der Waals surface area contributed by atoms with Gasteiger partial charge in [-0.1, -0.05) is 6.42 Å². The van der Waals surface area contributed by atoms with Gasteiger partial charge in [0.2, 0.25) is 5.91 Å². The van der Waals surface area contributed by atoms with Crippen LogP contribution in [-0.4, -0.2) is 44.5 Å². The van der Waals surface area contributed by atoms with E-state index in [2.05, 4.69) is 10.6 Å². The molecule has 5 nitrogen and oxygen atoms in total. The minimum absolute atomic E-state index is 0.0354. The number of rotatable bonds is 2. The molecule has 1 amide bonds. The van der Waals surface area contributed by atoms with Crippen LogP contribution in [0.2, 0.25) is 0 Å². The molecular formula is C11H20N2O3S. The van der Waals surface area contributed by atoms with Gasteiger partial charge in [-0.15, -0.1) is 0 Å². The molecule has 0 aromatic heterocycles. The van der Waals surface area contributed by atoms with E-state index in [1.807, 2.05) is 0 Å². The standard InChI is InChI=1S/C11H20N2O3S/c14-11(10-5-1-2-6-12-10)13-9-4-3-7-17(15,16)8-9/h9-10,12H,1-8H2,(H,13,14)/t9?,10-/m0/s1. The summed E-state index contributed by atoms with van der Waals surface area (Å²) in [5.41, 5.74) is 0. The lowest BCUT2D eigenvalue weighted by Crippen LogP contribution is -2.52. The van der Waals surface area contributed by atoms with Crippen molar-refractivity contribution in [1.82, 2.24) is 10.6 Å². The van der Waals surface area contributed by atoms with Crippen molar-refractivity contribution >= 4 is 15.7 Å². The van der Waals surface area contributed by atoms with Crippen molar-refractivity contribution in [2.45, 2.75) is 44.2 Å². The van der Waals surface area contributed by atoms with Gasteiger partial charge in [0, 0.05) is 6.04 Å². The summed E-state index contributed by atoms with van der Waals surface area (Å²) >= 11 is 0. The minimum atomic E-state index is -2.94. The fourth-order valence-electron chi connectivity index (χ4n) is 2.51. The summed E-state index contributed by atoms with van der Waals surface area (Å²) in [5.74, 6) is 0.332. The maximum Gasteiger partial charge on any atom is 0.237 e. The summed E-state index contributed by atoms with van der Waals surface area (Å²) in [6.07, 6.45) is 4.46. The van der Waals surface area contributed by atoms with Crippen LogP contribution in [0.15, 0.2) is 0 Å². The Hall–Kier alpha value is -0.620. The zero-order valence-corrected chi connectivity index (χ0v) is 10.8. The fourth-order valence-corrected chi connectivity index (χ4v) is 4.15. The van der Waals surface area contributed by atoms with Crippen molar-refractivity contribution < 1.29 is 13.2 Å². The third-order valence-corrected chi connectivity index (χ3v) is 5.26. The molecule has 2 N–H and O–H groups in total. The Morgan fingerprint density at radius 3 is 2.65 bits per heavy atom. The summed E-state index contributed by atoms with van der Waals surface area (Å²) in [6.45, 7) is 0.876. The Labute approximate surface area is 102 Å². The van der Waals surface area contributed by atoms with Gasteiger partial charge in [-0.05, 0) is 32.2 Å². The van der Waals surface area contributed by atoms with Crippen LogP contribution >= 0.6 is 0 Å². The normalized spacial score (nSPS) is 32.9. The molecule has 0 radical (unpaired) electrons. The van der Waals surface area contributed by atoms with Gasteiger partial charge in [-0.3, -0.25) is 4.79 Å². The molecule has 0 aromatic carbocycles. The van der Waals surface area contributed by atoms with E-state index >= 15 is 0 Å². The first-order valence-electron chi connectivity index (χ1n) is 6.31. The number of hydrogen-bond acceptors (Lipinski definition) is 4. The second-order valence-electron chi connectivity index (χ2n) is 4.96. The maximum absolute atomic E-state index is 11.9. The first kappa shape index (κ1) is 12.8. The van der Waals surface area contributed by atoms with E-state index in [0.29, 0.717) is 6.42 Å². The van der Waals surface area contributed by atoms with Crippen molar-refractivity contribution in [2.24, 2.45) is 0 Å². The van der Waals surface area contributed by atoms with Gasteiger partial charge in [0.1, 0.15) is 0 Å². The van der Waals surface area contributed by atoms with Crippen LogP contribution in [0.25, 0.3) is 0 Å². The summed E-state index contributed by atoms with van der Waals surface area (Å²) in [6, 6.07) is -0.321. The summed E-state index contributed by atoms with van der Waals surface area (Å²) < 4.78 is 22.9. The minimum Gasteiger partial charge on any atom is -0.351 e. The highest BCUT2D eigenvalue weighted by atomic mass is 32.2. The fraction of sp³-hybridized carbons (Fsp3) is 0.909. The van der Waals surface area contributed by atoms with Crippen molar-refractivity contribution in [3.05, 3.63) is 0 Å². The lowest BCUT2D eigenvalue weighted by molar-refractivity contribution is -0.124. The SMILES string of the molecule is O=C(NC1CCCS(=O)(=O)C1)[C@@H]1CCCCN1. The number of carbonyl (C=O) groups is 1. The third-order valence-electron chi connectivity index (χ3n) is 3.44. The van der Waals surface area contributed by atoms with Crippen LogP contribution in [0, 0.1) is 0 Å². The third kappa shape index (κ3) is 3.67. The predicted molar refractivity (Wildman–Crippen MR) is 65.5 cm³/mol. The molecule has 0 aromatic rings. The molecule has 98 valence electrons. The molecule has 0 aliphatic carbocycles. The molecule has 2 aliphatic heterocycles. The molecule has 6 heteroatoms. The van der Waals surface area contributed by atoms with E-state index in [1.54, 1.807) is 0 Å². The van der Waals surface area contributed by atoms with Crippen molar-refractivity contribution in [3.63, 3.8) is 0 Å². The van der Waals surface area contributed by atoms with Crippen LogP contribution in [0.4, 0.5) is 0 Å². The smallest absolute Gasteiger partial charge is 0.237 e. The molecule has 1 unspecified atom stereocenters. The lowest BCUT2D eigenvalue weighted by atomic mass is 10.0. The van der Waals surface area contributed by atoms with E-state index in [-0.39, 0.29) is 29.5 Å². The van der Waals surface area contributed by atoms with Crippen molar-refractivity contribution in [3.8, 4) is 0 Å². The molecule has 2 rings (SSSR count). The van der Waals surface area contributed by atoms with Crippen LogP contribution in [-0.2, 0) is 14.6 Å². The Morgan fingerprint density at radius 1 is 1.18 bits per heavy atom. The molecule has 2 atom stereocenters. The number of carbonyl (C=O) groups excluding carboxylic acids is 1. The van der Waals surface area contributed by atoms with Gasteiger partial charge in [0.05, 0.1) is 17.5 Å². The Morgan fingerprint density at radius 2 is 2.00 bits per heavy atom. The van der Waals surface area contributed by atoms with Gasteiger partial charge in [-0.2, -0.15) is 0 Å². The van der Waals surface area contributed by atoms with E-state index in [1.165, 1.54) is 0 Å². The van der Waals surface area contributed by atoms with Crippen LogP contribution in [0.3, 0.4) is 0 Å². The van der Waals surface area contributed by atoms with Gasteiger partial charge >= 0.3 is 0 Å². The summed E-state index contributed by atoms with van der Waals surface area (Å²) in [7, 11) is -2.94. The molecule has 2 fully saturated rings. The van der Waals surface area contributed by atoms with Crippen LogP contribution < -0.4 is 10.6 Å². The molecular weight excluding hydrogens is 240 g/mol. The highest BCUT2D eigenvalue weighted by Crippen LogP contribution is 2.13. The van der Waals surface area contributed by atoms with Crippen LogP contribution in [0.1, 0.15) is 32.1 Å². The Kier molecular flexibility index (Phi) is 4.04. The van der Waals surface area contributed by atoms with Gasteiger partial charge < -0.3 is 10.6 Å². The number of sulfone groups is 1. The van der Waals surface area contributed by atoms with Crippen molar-refractivity contribution in [2.75, 3.05) is 18.1 Å². The number of amides is 1. The number of hydrogen-bond donors (Lipinski definition) is 2. The molecule has 2 saturated heterocycles. The quantitative estimate of drug-likeness (QED) is 0.722. The summed E-state index contributed by atoms with van der Waals surface area (Å²) in [5, 5.41) is 6.03. The Bertz CT molecular complexity index is 374. The largest absolute Gasteiger partial charge is 0.351 e. The zero-order chi connectivity index (χ0) is 12.3. The molecule has 17 heavy (non-hydrogen) atoms. The Balaban J connectivity index is 1.85. The average Bonchev–Trinajstić information content (AvgIpc) is 2.29. The second-order valence-corrected chi connectivity index (χ2v) is 7.19. The molecule has 2 aliphatic rings. The van der Waals surface area contributed by atoms with E-state index < -0.39 is 9.84 Å². The monoisotopic (exact) mass is 260 g/mol. The first-order chi connectivity index (χ1) is 8.07. The number of nitrogens with one attached hydrogen (secondary N) is 2. The second kappa shape index (κ2) is 5.35. The average molecular weight is 260 g/mol. The molecule has 0 bridgehead atoms. The summed E-state index contributed by atoms with van der Waals surface area (Å²) in [4.78, 5) is 11.9. The van der Waals surface area contributed by atoms with Crippen LogP contribution in [0.5, 0.6) is 0 Å². The molecule has 0 saturated carbocycles. The lowest BCUT2D eigenvalue weighted by Gasteiger charge is -2.27. The number of piperidine rings is 1. The molecule has 2 heterocycles. The topological polar surface area (TPSA) is 75.3 Å². The van der Waals surface area contributed by atoms with Gasteiger partial charge in [0.15, 0.2) is 9.84 Å².